The van der Waals surface area contributed by atoms with Crippen molar-refractivity contribution >= 4 is 21.8 Å². The van der Waals surface area contributed by atoms with Gasteiger partial charge in [0, 0.05) is 36.5 Å². The number of ether oxygens (including phenoxy) is 1. The minimum atomic E-state index is 0.0331. The third-order valence-electron chi connectivity index (χ3n) is 3.41. The lowest BCUT2D eigenvalue weighted by Crippen LogP contribution is -2.53. The van der Waals surface area contributed by atoms with Gasteiger partial charge in [0.1, 0.15) is 0 Å². The van der Waals surface area contributed by atoms with Crippen molar-refractivity contribution in [3.8, 4) is 0 Å². The zero-order valence-corrected chi connectivity index (χ0v) is 11.4. The first-order valence-electron chi connectivity index (χ1n) is 5.99. The molecule has 1 aromatic rings. The third kappa shape index (κ3) is 2.15. The summed E-state index contributed by atoms with van der Waals surface area (Å²) in [6.07, 6.45) is 3.42. The number of morpholine rings is 1. The number of hydrogen-bond donors (Lipinski definition) is 1. The first-order valence-corrected chi connectivity index (χ1v) is 6.79. The van der Waals surface area contributed by atoms with Crippen molar-refractivity contribution in [1.29, 1.82) is 0 Å². The quantitative estimate of drug-likeness (QED) is 0.828. The molecule has 2 aliphatic heterocycles. The highest BCUT2D eigenvalue weighted by atomic mass is 79.9. The minimum Gasteiger partial charge on any atom is -0.373 e. The SMILES string of the molecule is O=C(c1cncc(Br)c1)N1CCO[C@H]2CNC[C@H]21. The Labute approximate surface area is 114 Å². The van der Waals surface area contributed by atoms with E-state index in [0.29, 0.717) is 18.7 Å². The number of nitrogens with zero attached hydrogens (tertiary/aromatic N) is 2. The summed E-state index contributed by atoms with van der Waals surface area (Å²) in [4.78, 5) is 18.4. The summed E-state index contributed by atoms with van der Waals surface area (Å²) in [7, 11) is 0. The molecule has 6 heteroatoms. The Morgan fingerprint density at radius 3 is 3.22 bits per heavy atom. The van der Waals surface area contributed by atoms with E-state index in [4.69, 9.17) is 4.74 Å². The maximum atomic E-state index is 12.5. The van der Waals surface area contributed by atoms with Crippen LogP contribution in [0.25, 0.3) is 0 Å². The Kier molecular flexibility index (Phi) is 3.32. The second kappa shape index (κ2) is 4.95. The second-order valence-corrected chi connectivity index (χ2v) is 5.44. The summed E-state index contributed by atoms with van der Waals surface area (Å²) in [6, 6.07) is 1.95. The summed E-state index contributed by atoms with van der Waals surface area (Å²) in [6.45, 7) is 2.88. The van der Waals surface area contributed by atoms with Crippen LogP contribution < -0.4 is 5.32 Å². The molecule has 96 valence electrons. The summed E-state index contributed by atoms with van der Waals surface area (Å²) < 4.78 is 6.48. The Morgan fingerprint density at radius 1 is 1.50 bits per heavy atom. The van der Waals surface area contributed by atoms with Crippen molar-refractivity contribution in [2.45, 2.75) is 12.1 Å². The molecule has 0 bridgehead atoms. The number of rotatable bonds is 1. The molecule has 0 unspecified atom stereocenters. The molecule has 0 aliphatic carbocycles. The molecular formula is C12H14BrN3O2. The number of carbonyl (C=O) groups excluding carboxylic acids is 1. The standard InChI is InChI=1S/C12H14BrN3O2/c13-9-3-8(4-14-5-9)12(17)16-1-2-18-11-7-15-6-10(11)16/h3-5,10-11,15H,1-2,6-7H2/t10-,11+/m1/s1. The molecule has 18 heavy (non-hydrogen) atoms. The Balaban J connectivity index is 1.83. The van der Waals surface area contributed by atoms with Crippen LogP contribution in [0.3, 0.4) is 0 Å². The van der Waals surface area contributed by atoms with Gasteiger partial charge in [-0.25, -0.2) is 0 Å². The first kappa shape index (κ1) is 12.1. The second-order valence-electron chi connectivity index (χ2n) is 4.53. The number of nitrogens with one attached hydrogen (secondary N) is 1. The molecule has 5 nitrogen and oxygen atoms in total. The predicted octanol–water partition coefficient (Wildman–Crippen LogP) is 0.657. The van der Waals surface area contributed by atoms with Gasteiger partial charge in [-0.1, -0.05) is 0 Å². The zero-order chi connectivity index (χ0) is 12.5. The van der Waals surface area contributed by atoms with Crippen LogP contribution in [0.2, 0.25) is 0 Å². The average molecular weight is 312 g/mol. The highest BCUT2D eigenvalue weighted by molar-refractivity contribution is 9.10. The Hall–Kier alpha value is -0.980. The van der Waals surface area contributed by atoms with Crippen LogP contribution in [0.5, 0.6) is 0 Å². The largest absolute Gasteiger partial charge is 0.373 e. The number of halogens is 1. The van der Waals surface area contributed by atoms with Gasteiger partial charge >= 0.3 is 0 Å². The minimum absolute atomic E-state index is 0.0331. The predicted molar refractivity (Wildman–Crippen MR) is 69.4 cm³/mol. The van der Waals surface area contributed by atoms with E-state index in [-0.39, 0.29) is 18.1 Å². The van der Waals surface area contributed by atoms with E-state index in [1.807, 2.05) is 11.0 Å². The van der Waals surface area contributed by atoms with Crippen LogP contribution in [-0.2, 0) is 4.74 Å². The molecule has 0 radical (unpaired) electrons. The molecule has 2 atom stereocenters. The lowest BCUT2D eigenvalue weighted by molar-refractivity contribution is -0.0364. The number of hydrogen-bond acceptors (Lipinski definition) is 4. The van der Waals surface area contributed by atoms with Crippen LogP contribution in [-0.4, -0.2) is 54.2 Å². The van der Waals surface area contributed by atoms with E-state index >= 15 is 0 Å². The Bertz CT molecular complexity index is 468. The van der Waals surface area contributed by atoms with Crippen LogP contribution in [0.4, 0.5) is 0 Å². The topological polar surface area (TPSA) is 54.5 Å². The van der Waals surface area contributed by atoms with Crippen molar-refractivity contribution in [2.24, 2.45) is 0 Å². The fourth-order valence-electron chi connectivity index (χ4n) is 2.54. The smallest absolute Gasteiger partial charge is 0.255 e. The zero-order valence-electron chi connectivity index (χ0n) is 9.80. The van der Waals surface area contributed by atoms with Gasteiger partial charge in [0.25, 0.3) is 5.91 Å². The number of carbonyl (C=O) groups is 1. The summed E-state index contributed by atoms with van der Waals surface area (Å²) in [5, 5.41) is 3.27. The van der Waals surface area contributed by atoms with E-state index in [1.54, 1.807) is 12.4 Å². The van der Waals surface area contributed by atoms with E-state index in [1.165, 1.54) is 0 Å². The van der Waals surface area contributed by atoms with Crippen LogP contribution in [0.1, 0.15) is 10.4 Å². The highest BCUT2D eigenvalue weighted by Gasteiger charge is 2.38. The molecule has 3 heterocycles. The highest BCUT2D eigenvalue weighted by Crippen LogP contribution is 2.20. The van der Waals surface area contributed by atoms with Gasteiger partial charge in [0.15, 0.2) is 0 Å². The molecule has 1 aromatic heterocycles. The maximum absolute atomic E-state index is 12.5. The summed E-state index contributed by atoms with van der Waals surface area (Å²) in [5.41, 5.74) is 0.622. The molecule has 1 N–H and O–H groups in total. The van der Waals surface area contributed by atoms with E-state index in [2.05, 4.69) is 26.2 Å². The number of aromatic nitrogens is 1. The molecule has 3 rings (SSSR count). The lowest BCUT2D eigenvalue weighted by atomic mass is 10.1. The molecule has 0 saturated carbocycles. The van der Waals surface area contributed by atoms with Gasteiger partial charge in [0.2, 0.25) is 0 Å². The monoisotopic (exact) mass is 311 g/mol. The molecular weight excluding hydrogens is 298 g/mol. The van der Waals surface area contributed by atoms with Crippen molar-refractivity contribution in [3.05, 3.63) is 28.5 Å². The molecule has 2 fully saturated rings. The van der Waals surface area contributed by atoms with Crippen LogP contribution in [0, 0.1) is 0 Å². The number of amides is 1. The van der Waals surface area contributed by atoms with Gasteiger partial charge < -0.3 is 15.0 Å². The van der Waals surface area contributed by atoms with Gasteiger partial charge in [0.05, 0.1) is 24.3 Å². The molecule has 1 amide bonds. The number of pyridine rings is 1. The lowest BCUT2D eigenvalue weighted by Gasteiger charge is -2.37. The van der Waals surface area contributed by atoms with E-state index < -0.39 is 0 Å². The normalized spacial score (nSPS) is 27.1. The van der Waals surface area contributed by atoms with Crippen molar-refractivity contribution < 1.29 is 9.53 Å². The summed E-state index contributed by atoms with van der Waals surface area (Å²) >= 11 is 3.34. The van der Waals surface area contributed by atoms with Gasteiger partial charge in [-0.2, -0.15) is 0 Å². The van der Waals surface area contributed by atoms with Crippen molar-refractivity contribution in [1.82, 2.24) is 15.2 Å². The molecule has 2 aliphatic rings. The van der Waals surface area contributed by atoms with E-state index in [9.17, 15) is 4.79 Å². The molecule has 0 aromatic carbocycles. The average Bonchev–Trinajstić information content (AvgIpc) is 2.86. The van der Waals surface area contributed by atoms with Crippen molar-refractivity contribution in [2.75, 3.05) is 26.2 Å². The van der Waals surface area contributed by atoms with Crippen LogP contribution >= 0.6 is 15.9 Å². The third-order valence-corrected chi connectivity index (χ3v) is 3.84. The molecule has 2 saturated heterocycles. The van der Waals surface area contributed by atoms with Gasteiger partial charge in [-0.05, 0) is 22.0 Å². The fourth-order valence-corrected chi connectivity index (χ4v) is 2.90. The van der Waals surface area contributed by atoms with Gasteiger partial charge in [-0.3, -0.25) is 9.78 Å². The summed E-state index contributed by atoms with van der Waals surface area (Å²) in [5.74, 6) is 0.0331. The van der Waals surface area contributed by atoms with Gasteiger partial charge in [-0.15, -0.1) is 0 Å². The number of fused-ring (bicyclic) bond motifs is 1. The maximum Gasteiger partial charge on any atom is 0.255 e. The van der Waals surface area contributed by atoms with Crippen LogP contribution in [0.15, 0.2) is 22.9 Å². The molecule has 0 spiro atoms. The van der Waals surface area contributed by atoms with E-state index in [0.717, 1.165) is 17.6 Å². The van der Waals surface area contributed by atoms with Crippen molar-refractivity contribution in [3.63, 3.8) is 0 Å². The first-order chi connectivity index (χ1) is 8.75. The fraction of sp³-hybridized carbons (Fsp3) is 0.500. The Morgan fingerprint density at radius 2 is 2.39 bits per heavy atom.